The Bertz CT molecular complexity index is 657. The van der Waals surface area contributed by atoms with Crippen LogP contribution >= 0.6 is 15.9 Å². The van der Waals surface area contributed by atoms with Gasteiger partial charge >= 0.3 is 0 Å². The van der Waals surface area contributed by atoms with Gasteiger partial charge in [-0.15, -0.1) is 0 Å². The second-order valence-corrected chi connectivity index (χ2v) is 5.49. The van der Waals surface area contributed by atoms with Crippen molar-refractivity contribution in [3.8, 4) is 5.75 Å². The fraction of sp³-hybridized carbons (Fsp3) is 0.176. The van der Waals surface area contributed by atoms with Crippen molar-refractivity contribution in [2.45, 2.75) is 13.3 Å². The van der Waals surface area contributed by atoms with Gasteiger partial charge in [0.1, 0.15) is 5.75 Å². The smallest absolute Gasteiger partial charge is 0.244 e. The summed E-state index contributed by atoms with van der Waals surface area (Å²) in [6.07, 6.45) is 1.88. The first-order valence-electron chi connectivity index (χ1n) is 6.97. The third-order valence-corrected chi connectivity index (χ3v) is 3.37. The molecule has 0 radical (unpaired) electrons. The third-order valence-electron chi connectivity index (χ3n) is 2.87. The van der Waals surface area contributed by atoms with E-state index < -0.39 is 0 Å². The fourth-order valence-corrected chi connectivity index (χ4v) is 2.28. The molecule has 2 aromatic rings. The Morgan fingerprint density at radius 2 is 2.05 bits per heavy atom. The molecular weight excluding hydrogens is 344 g/mol. The highest BCUT2D eigenvalue weighted by Gasteiger charge is 2.03. The van der Waals surface area contributed by atoms with Crippen molar-refractivity contribution in [1.82, 2.24) is 5.43 Å². The number of halogens is 1. The zero-order valence-corrected chi connectivity index (χ0v) is 13.8. The van der Waals surface area contributed by atoms with Crippen molar-refractivity contribution in [2.75, 3.05) is 6.61 Å². The normalized spacial score (nSPS) is 10.6. The molecule has 0 aliphatic heterocycles. The zero-order chi connectivity index (χ0) is 15.8. The molecule has 0 heterocycles. The van der Waals surface area contributed by atoms with E-state index in [1.54, 1.807) is 6.21 Å². The molecule has 0 spiro atoms. The van der Waals surface area contributed by atoms with E-state index in [1.165, 1.54) is 0 Å². The summed E-state index contributed by atoms with van der Waals surface area (Å²) in [4.78, 5) is 11.8. The predicted octanol–water partition coefficient (Wildman–Crippen LogP) is 3.54. The van der Waals surface area contributed by atoms with Gasteiger partial charge < -0.3 is 4.74 Å². The second kappa shape index (κ2) is 8.34. The van der Waals surface area contributed by atoms with Gasteiger partial charge in [-0.2, -0.15) is 5.10 Å². The Balaban J connectivity index is 1.97. The van der Waals surface area contributed by atoms with Gasteiger partial charge in [-0.3, -0.25) is 4.79 Å². The Kier molecular flexibility index (Phi) is 6.15. The highest BCUT2D eigenvalue weighted by atomic mass is 79.9. The van der Waals surface area contributed by atoms with Gasteiger partial charge in [0.25, 0.3) is 0 Å². The molecule has 2 aromatic carbocycles. The number of hydrogen-bond acceptors (Lipinski definition) is 3. The Morgan fingerprint density at radius 3 is 2.77 bits per heavy atom. The summed E-state index contributed by atoms with van der Waals surface area (Å²) in [5.41, 5.74) is 4.28. The van der Waals surface area contributed by atoms with Crippen molar-refractivity contribution in [1.29, 1.82) is 0 Å². The SMILES string of the molecule is CCOc1ccc(Br)cc1/C=N/NC(=O)Cc1ccccc1. The molecule has 1 amide bonds. The average Bonchev–Trinajstić information content (AvgIpc) is 2.51. The maximum atomic E-state index is 11.8. The van der Waals surface area contributed by atoms with Gasteiger partial charge in [-0.05, 0) is 30.7 Å². The number of benzene rings is 2. The predicted molar refractivity (Wildman–Crippen MR) is 91.2 cm³/mol. The molecule has 4 nitrogen and oxygen atoms in total. The first kappa shape index (κ1) is 16.2. The van der Waals surface area contributed by atoms with Crippen LogP contribution in [0.3, 0.4) is 0 Å². The molecule has 0 fully saturated rings. The van der Waals surface area contributed by atoms with E-state index in [0.29, 0.717) is 13.0 Å². The van der Waals surface area contributed by atoms with Crippen LogP contribution in [0.4, 0.5) is 0 Å². The van der Waals surface area contributed by atoms with E-state index in [0.717, 1.165) is 21.3 Å². The molecule has 1 N–H and O–H groups in total. The summed E-state index contributed by atoms with van der Waals surface area (Å²) in [7, 11) is 0. The Labute approximate surface area is 138 Å². The van der Waals surface area contributed by atoms with Crippen molar-refractivity contribution < 1.29 is 9.53 Å². The zero-order valence-electron chi connectivity index (χ0n) is 12.3. The van der Waals surface area contributed by atoms with Gasteiger partial charge in [0, 0.05) is 10.0 Å². The number of hydrazone groups is 1. The fourth-order valence-electron chi connectivity index (χ4n) is 1.90. The molecule has 22 heavy (non-hydrogen) atoms. The van der Waals surface area contributed by atoms with Gasteiger partial charge in [0.2, 0.25) is 5.91 Å². The molecule has 0 saturated carbocycles. The molecule has 2 rings (SSSR count). The lowest BCUT2D eigenvalue weighted by Gasteiger charge is -2.07. The van der Waals surface area contributed by atoms with Gasteiger partial charge in [0.05, 0.1) is 19.2 Å². The summed E-state index contributed by atoms with van der Waals surface area (Å²) >= 11 is 3.41. The minimum Gasteiger partial charge on any atom is -0.493 e. The molecule has 0 bridgehead atoms. The largest absolute Gasteiger partial charge is 0.493 e. The van der Waals surface area contributed by atoms with Crippen molar-refractivity contribution in [3.05, 3.63) is 64.1 Å². The topological polar surface area (TPSA) is 50.7 Å². The lowest BCUT2D eigenvalue weighted by atomic mass is 10.1. The monoisotopic (exact) mass is 360 g/mol. The van der Waals surface area contributed by atoms with Gasteiger partial charge in [0.15, 0.2) is 0 Å². The Hall–Kier alpha value is -2.14. The van der Waals surface area contributed by atoms with Crippen molar-refractivity contribution in [2.24, 2.45) is 5.10 Å². The number of rotatable bonds is 6. The molecular formula is C17H17BrN2O2. The van der Waals surface area contributed by atoms with Crippen LogP contribution in [0.15, 0.2) is 58.1 Å². The van der Waals surface area contributed by atoms with Gasteiger partial charge in [-0.25, -0.2) is 5.43 Å². The number of carbonyl (C=O) groups is 1. The average molecular weight is 361 g/mol. The van der Waals surface area contributed by atoms with Crippen LogP contribution in [-0.4, -0.2) is 18.7 Å². The summed E-state index contributed by atoms with van der Waals surface area (Å²) in [5, 5.41) is 4.00. The minimum absolute atomic E-state index is 0.157. The molecule has 0 aromatic heterocycles. The van der Waals surface area contributed by atoms with E-state index >= 15 is 0 Å². The molecule has 0 saturated heterocycles. The van der Waals surface area contributed by atoms with Crippen LogP contribution in [-0.2, 0) is 11.2 Å². The first-order chi connectivity index (χ1) is 10.7. The summed E-state index contributed by atoms with van der Waals surface area (Å²) in [5.74, 6) is 0.571. The van der Waals surface area contributed by atoms with E-state index in [9.17, 15) is 4.79 Å². The maximum absolute atomic E-state index is 11.8. The van der Waals surface area contributed by atoms with Crippen LogP contribution in [0.5, 0.6) is 5.75 Å². The van der Waals surface area contributed by atoms with Gasteiger partial charge in [-0.1, -0.05) is 46.3 Å². The van der Waals surface area contributed by atoms with E-state index in [4.69, 9.17) is 4.74 Å². The number of amides is 1. The molecule has 0 aliphatic carbocycles. The highest BCUT2D eigenvalue weighted by molar-refractivity contribution is 9.10. The lowest BCUT2D eigenvalue weighted by Crippen LogP contribution is -2.19. The van der Waals surface area contributed by atoms with Crippen LogP contribution in [0.2, 0.25) is 0 Å². The Morgan fingerprint density at radius 1 is 1.27 bits per heavy atom. The first-order valence-corrected chi connectivity index (χ1v) is 7.76. The molecule has 0 aliphatic rings. The molecule has 5 heteroatoms. The lowest BCUT2D eigenvalue weighted by molar-refractivity contribution is -0.120. The van der Waals surface area contributed by atoms with E-state index in [1.807, 2.05) is 55.5 Å². The van der Waals surface area contributed by atoms with Crippen molar-refractivity contribution >= 4 is 28.1 Å². The summed E-state index contributed by atoms with van der Waals surface area (Å²) < 4.78 is 6.44. The minimum atomic E-state index is -0.157. The van der Waals surface area contributed by atoms with Crippen LogP contribution in [0.25, 0.3) is 0 Å². The number of ether oxygens (including phenoxy) is 1. The van der Waals surface area contributed by atoms with Crippen LogP contribution < -0.4 is 10.2 Å². The van der Waals surface area contributed by atoms with Crippen LogP contribution in [0.1, 0.15) is 18.1 Å². The quantitative estimate of drug-likeness (QED) is 0.632. The second-order valence-electron chi connectivity index (χ2n) is 4.57. The summed E-state index contributed by atoms with van der Waals surface area (Å²) in [6.45, 7) is 2.49. The van der Waals surface area contributed by atoms with E-state index in [-0.39, 0.29) is 5.91 Å². The van der Waals surface area contributed by atoms with E-state index in [2.05, 4.69) is 26.5 Å². The molecule has 0 unspecified atom stereocenters. The number of hydrogen-bond donors (Lipinski definition) is 1. The number of nitrogens with zero attached hydrogens (tertiary/aromatic N) is 1. The van der Waals surface area contributed by atoms with Crippen LogP contribution in [0, 0.1) is 0 Å². The highest BCUT2D eigenvalue weighted by Crippen LogP contribution is 2.21. The maximum Gasteiger partial charge on any atom is 0.244 e. The van der Waals surface area contributed by atoms with Crippen molar-refractivity contribution in [3.63, 3.8) is 0 Å². The number of carbonyl (C=O) groups excluding carboxylic acids is 1. The molecule has 114 valence electrons. The summed E-state index contributed by atoms with van der Waals surface area (Å²) in [6, 6.07) is 15.2. The third kappa shape index (κ3) is 5.00. The standard InChI is InChI=1S/C17H17BrN2O2/c1-2-22-16-9-8-15(18)11-14(16)12-19-20-17(21)10-13-6-4-3-5-7-13/h3-9,11-12H,2,10H2,1H3,(H,20,21)/b19-12+. The number of nitrogens with one attached hydrogen (secondary N) is 1. The molecule has 0 atom stereocenters.